The minimum absolute atomic E-state index is 0.187. The summed E-state index contributed by atoms with van der Waals surface area (Å²) >= 11 is 1.75. The molecule has 0 radical (unpaired) electrons. The second-order valence-corrected chi connectivity index (χ2v) is 7.47. The number of hydrogen-bond donors (Lipinski definition) is 5. The number of aliphatic carboxylic acids is 2. The summed E-state index contributed by atoms with van der Waals surface area (Å²) in [6.07, 6.45) is 7.27. The fourth-order valence-electron chi connectivity index (χ4n) is 2.45. The van der Waals surface area contributed by atoms with Gasteiger partial charge in [-0.3, -0.25) is 10.1 Å². The van der Waals surface area contributed by atoms with E-state index in [0.29, 0.717) is 24.5 Å². The zero-order chi connectivity index (χ0) is 23.2. The second kappa shape index (κ2) is 13.9. The lowest BCUT2D eigenvalue weighted by Gasteiger charge is -2.04. The topological polar surface area (TPSA) is 174 Å². The van der Waals surface area contributed by atoms with Crippen molar-refractivity contribution < 1.29 is 24.7 Å². The van der Waals surface area contributed by atoms with Crippen molar-refractivity contribution in [3.8, 4) is 0 Å². The van der Waals surface area contributed by atoms with Gasteiger partial charge in [-0.1, -0.05) is 13.3 Å². The third-order valence-electron chi connectivity index (χ3n) is 4.00. The molecule has 5 N–H and O–H groups in total. The Labute approximate surface area is 183 Å². The van der Waals surface area contributed by atoms with Gasteiger partial charge in [0.15, 0.2) is 5.82 Å². The van der Waals surface area contributed by atoms with Crippen LogP contribution in [-0.2, 0) is 21.8 Å². The lowest BCUT2D eigenvalue weighted by molar-refractivity contribution is -0.384. The predicted octanol–water partition coefficient (Wildman–Crippen LogP) is 3.35. The number of imidazole rings is 1. The van der Waals surface area contributed by atoms with E-state index in [2.05, 4.69) is 27.2 Å². The molecule has 0 aliphatic heterocycles. The average molecular weight is 454 g/mol. The van der Waals surface area contributed by atoms with Gasteiger partial charge in [-0.05, 0) is 19.8 Å². The number of carboxylic acids is 2. The number of nitrogens with one attached hydrogen (secondary N) is 3. The van der Waals surface area contributed by atoms with Crippen LogP contribution in [0.5, 0.6) is 0 Å². The SMILES string of the molecule is CCCCc1c[nH]c(NCCSCc2nc[nH]c2C)c1[N+](=O)[O-].O=C(O)C=CC(=O)O. The average Bonchev–Trinajstić information content (AvgIpc) is 3.31. The van der Waals surface area contributed by atoms with Crippen molar-refractivity contribution in [1.29, 1.82) is 0 Å². The monoisotopic (exact) mass is 453 g/mol. The fourth-order valence-corrected chi connectivity index (χ4v) is 3.33. The van der Waals surface area contributed by atoms with Crippen molar-refractivity contribution in [3.05, 3.63) is 51.7 Å². The first-order valence-corrected chi connectivity index (χ1v) is 10.7. The number of nitro groups is 1. The Kier molecular flexibility index (Phi) is 11.5. The molecule has 31 heavy (non-hydrogen) atoms. The molecule has 0 saturated carbocycles. The van der Waals surface area contributed by atoms with Crippen LogP contribution in [0.15, 0.2) is 24.7 Å². The lowest BCUT2D eigenvalue weighted by Crippen LogP contribution is -2.07. The molecule has 2 aromatic rings. The number of hydrogen-bond acceptors (Lipinski definition) is 7. The molecular weight excluding hydrogens is 426 g/mol. The summed E-state index contributed by atoms with van der Waals surface area (Å²) in [6, 6.07) is 0. The minimum Gasteiger partial charge on any atom is -0.478 e. The van der Waals surface area contributed by atoms with E-state index < -0.39 is 11.9 Å². The highest BCUT2D eigenvalue weighted by Gasteiger charge is 2.21. The Morgan fingerprint density at radius 3 is 2.48 bits per heavy atom. The molecule has 11 nitrogen and oxygen atoms in total. The molecule has 0 aliphatic rings. The summed E-state index contributed by atoms with van der Waals surface area (Å²) in [5.41, 5.74) is 3.11. The van der Waals surface area contributed by atoms with Crippen LogP contribution in [0.3, 0.4) is 0 Å². The molecule has 0 unspecified atom stereocenters. The second-order valence-electron chi connectivity index (χ2n) is 6.36. The number of aromatic amines is 2. The summed E-state index contributed by atoms with van der Waals surface area (Å²) in [4.78, 5) is 40.4. The van der Waals surface area contributed by atoms with Crippen LogP contribution < -0.4 is 5.32 Å². The van der Waals surface area contributed by atoms with E-state index in [1.807, 2.05) is 6.92 Å². The van der Waals surface area contributed by atoms with E-state index in [-0.39, 0.29) is 10.6 Å². The van der Waals surface area contributed by atoms with Gasteiger partial charge in [0.25, 0.3) is 0 Å². The Bertz CT molecular complexity index is 876. The molecule has 0 aliphatic carbocycles. The highest BCUT2D eigenvalue weighted by atomic mass is 32.2. The lowest BCUT2D eigenvalue weighted by atomic mass is 10.1. The van der Waals surface area contributed by atoms with Gasteiger partial charge < -0.3 is 25.5 Å². The molecule has 2 heterocycles. The maximum atomic E-state index is 11.3. The van der Waals surface area contributed by atoms with Crippen molar-refractivity contribution >= 4 is 35.2 Å². The summed E-state index contributed by atoms with van der Waals surface area (Å²) in [5, 5.41) is 30.0. The van der Waals surface area contributed by atoms with Gasteiger partial charge in [0.2, 0.25) is 0 Å². The van der Waals surface area contributed by atoms with Gasteiger partial charge >= 0.3 is 17.6 Å². The standard InChI is InChI=1S/C15H23N5O2S.C4H4O4/c1-3-4-5-12-8-17-15(14(12)20(21)22)16-6-7-23-9-13-11(2)18-10-19-13;5-3(6)1-2-4(7)8/h8,10,16-17H,3-7,9H2,1-2H3,(H,18,19);1-2H,(H,5,6)(H,7,8). The van der Waals surface area contributed by atoms with Gasteiger partial charge in [-0.25, -0.2) is 14.6 Å². The number of nitrogens with zero attached hydrogens (tertiary/aromatic N) is 2. The van der Waals surface area contributed by atoms with Crippen LogP contribution in [0.4, 0.5) is 11.5 Å². The summed E-state index contributed by atoms with van der Waals surface area (Å²) < 4.78 is 0. The van der Waals surface area contributed by atoms with Crippen LogP contribution in [0.2, 0.25) is 0 Å². The number of aryl methyl sites for hydroxylation is 2. The van der Waals surface area contributed by atoms with Gasteiger partial charge in [-0.2, -0.15) is 11.8 Å². The molecule has 0 amide bonds. The summed E-state index contributed by atoms with van der Waals surface area (Å²) in [6.45, 7) is 4.75. The fraction of sp³-hybridized carbons (Fsp3) is 0.421. The predicted molar refractivity (Wildman–Crippen MR) is 118 cm³/mol. The molecule has 170 valence electrons. The Balaban J connectivity index is 0.000000512. The quantitative estimate of drug-likeness (QED) is 0.140. The first-order chi connectivity index (χ1) is 14.8. The Morgan fingerprint density at radius 1 is 1.29 bits per heavy atom. The summed E-state index contributed by atoms with van der Waals surface area (Å²) in [7, 11) is 0. The number of carbonyl (C=O) groups is 2. The molecule has 0 aromatic carbocycles. The molecule has 0 fully saturated rings. The third kappa shape index (κ3) is 9.85. The van der Waals surface area contributed by atoms with Gasteiger partial charge in [-0.15, -0.1) is 0 Å². The molecule has 2 rings (SSSR count). The third-order valence-corrected chi connectivity index (χ3v) is 4.97. The smallest absolute Gasteiger partial charge is 0.328 e. The highest BCUT2D eigenvalue weighted by Crippen LogP contribution is 2.29. The Morgan fingerprint density at radius 2 is 1.97 bits per heavy atom. The summed E-state index contributed by atoms with van der Waals surface area (Å²) in [5.74, 6) is -0.310. The maximum Gasteiger partial charge on any atom is 0.328 e. The molecule has 0 spiro atoms. The van der Waals surface area contributed by atoms with Crippen LogP contribution in [0.25, 0.3) is 0 Å². The van der Waals surface area contributed by atoms with Crippen molar-refractivity contribution in [2.24, 2.45) is 0 Å². The molecule has 0 bridgehead atoms. The van der Waals surface area contributed by atoms with Crippen LogP contribution in [0, 0.1) is 17.0 Å². The van der Waals surface area contributed by atoms with Crippen molar-refractivity contribution in [3.63, 3.8) is 0 Å². The van der Waals surface area contributed by atoms with E-state index in [1.54, 1.807) is 24.3 Å². The number of anilines is 1. The van der Waals surface area contributed by atoms with Gasteiger partial charge in [0.05, 0.1) is 16.9 Å². The molecule has 12 heteroatoms. The number of rotatable bonds is 12. The first kappa shape index (κ1) is 25.8. The van der Waals surface area contributed by atoms with E-state index in [0.717, 1.165) is 47.7 Å². The number of thioether (sulfide) groups is 1. The normalized spacial score (nSPS) is 10.5. The van der Waals surface area contributed by atoms with E-state index in [9.17, 15) is 19.7 Å². The van der Waals surface area contributed by atoms with Crippen molar-refractivity contribution in [1.82, 2.24) is 15.0 Å². The minimum atomic E-state index is -1.26. The van der Waals surface area contributed by atoms with Crippen molar-refractivity contribution in [2.75, 3.05) is 17.6 Å². The molecule has 0 atom stereocenters. The maximum absolute atomic E-state index is 11.3. The molecule has 2 aromatic heterocycles. The number of aromatic nitrogens is 3. The van der Waals surface area contributed by atoms with E-state index >= 15 is 0 Å². The van der Waals surface area contributed by atoms with Gasteiger partial charge in [0, 0.05) is 47.7 Å². The van der Waals surface area contributed by atoms with E-state index in [4.69, 9.17) is 10.2 Å². The van der Waals surface area contributed by atoms with E-state index in [1.165, 1.54) is 0 Å². The van der Waals surface area contributed by atoms with Crippen LogP contribution in [-0.4, -0.2) is 54.3 Å². The van der Waals surface area contributed by atoms with Crippen LogP contribution >= 0.6 is 11.8 Å². The zero-order valence-electron chi connectivity index (χ0n) is 17.4. The number of unbranched alkanes of at least 4 members (excludes halogenated alkanes) is 1. The zero-order valence-corrected chi connectivity index (χ0v) is 18.2. The number of carboxylic acid groups (broad SMARTS) is 2. The van der Waals surface area contributed by atoms with Crippen LogP contribution in [0.1, 0.15) is 36.7 Å². The van der Waals surface area contributed by atoms with Crippen molar-refractivity contribution in [2.45, 2.75) is 38.9 Å². The van der Waals surface area contributed by atoms with Gasteiger partial charge in [0.1, 0.15) is 0 Å². The largest absolute Gasteiger partial charge is 0.478 e. The highest BCUT2D eigenvalue weighted by molar-refractivity contribution is 7.98. The number of H-pyrrole nitrogens is 2. The molecule has 0 saturated heterocycles. The molecular formula is C19H27N5O6S. The Hall–Kier alpha value is -3.28. The first-order valence-electron chi connectivity index (χ1n) is 9.55.